The van der Waals surface area contributed by atoms with E-state index in [9.17, 15) is 4.79 Å². The van der Waals surface area contributed by atoms with Gasteiger partial charge >= 0.3 is 0 Å². The van der Waals surface area contributed by atoms with Crippen molar-refractivity contribution in [3.63, 3.8) is 0 Å². The summed E-state index contributed by atoms with van der Waals surface area (Å²) < 4.78 is 15.6. The van der Waals surface area contributed by atoms with Crippen LogP contribution in [0.15, 0.2) is 12.1 Å². The van der Waals surface area contributed by atoms with Gasteiger partial charge in [-0.15, -0.1) is 0 Å². The molecule has 0 spiro atoms. The minimum atomic E-state index is 0.0611. The van der Waals surface area contributed by atoms with E-state index in [-0.39, 0.29) is 12.4 Å². The fourth-order valence-corrected chi connectivity index (χ4v) is 1.61. The van der Waals surface area contributed by atoms with E-state index in [1.165, 1.54) is 0 Å². The zero-order valence-corrected chi connectivity index (χ0v) is 8.70. The second-order valence-corrected chi connectivity index (χ2v) is 3.31. The molecule has 0 aromatic heterocycles. The average Bonchev–Trinajstić information content (AvgIpc) is 2.27. The predicted molar refractivity (Wildman–Crippen MR) is 53.8 cm³/mol. The molecule has 0 bridgehead atoms. The molecule has 0 saturated heterocycles. The van der Waals surface area contributed by atoms with Crippen molar-refractivity contribution < 1.29 is 19.0 Å². The smallest absolute Gasteiger partial charge is 0.174 e. The van der Waals surface area contributed by atoms with Crippen molar-refractivity contribution in [2.24, 2.45) is 0 Å². The fourth-order valence-electron chi connectivity index (χ4n) is 1.61. The first kappa shape index (κ1) is 9.83. The second kappa shape index (κ2) is 3.81. The van der Waals surface area contributed by atoms with E-state index in [2.05, 4.69) is 0 Å². The van der Waals surface area contributed by atoms with Crippen LogP contribution in [-0.2, 0) is 11.2 Å². The van der Waals surface area contributed by atoms with Crippen LogP contribution in [0.4, 0.5) is 0 Å². The van der Waals surface area contributed by atoms with Crippen LogP contribution in [0.25, 0.3) is 0 Å². The number of ketones is 1. The number of methoxy groups -OCH3 is 2. The maximum atomic E-state index is 11.2. The molecule has 0 radical (unpaired) electrons. The first-order valence-corrected chi connectivity index (χ1v) is 4.64. The minimum absolute atomic E-state index is 0.0611. The summed E-state index contributed by atoms with van der Waals surface area (Å²) in [6, 6.07) is 3.52. The lowest BCUT2D eigenvalue weighted by atomic mass is 10.0. The van der Waals surface area contributed by atoms with E-state index < -0.39 is 0 Å². The van der Waals surface area contributed by atoms with E-state index in [1.54, 1.807) is 26.4 Å². The monoisotopic (exact) mass is 208 g/mol. The van der Waals surface area contributed by atoms with Gasteiger partial charge in [0.1, 0.15) is 23.9 Å². The lowest BCUT2D eigenvalue weighted by molar-refractivity contribution is -0.121. The first-order chi connectivity index (χ1) is 7.24. The molecule has 0 aliphatic carbocycles. The predicted octanol–water partition coefficient (Wildman–Crippen LogP) is 1.21. The SMILES string of the molecule is COc1cc(OC)c2c(c1)OCC(=O)C2. The molecule has 1 heterocycles. The lowest BCUT2D eigenvalue weighted by Crippen LogP contribution is -2.20. The number of carbonyl (C=O) groups is 1. The number of rotatable bonds is 2. The minimum Gasteiger partial charge on any atom is -0.496 e. The number of hydrogen-bond acceptors (Lipinski definition) is 4. The van der Waals surface area contributed by atoms with Crippen LogP contribution >= 0.6 is 0 Å². The highest BCUT2D eigenvalue weighted by molar-refractivity contribution is 5.85. The highest BCUT2D eigenvalue weighted by atomic mass is 16.5. The number of carbonyl (C=O) groups excluding carboxylic acids is 1. The Bertz CT molecular complexity index is 381. The van der Waals surface area contributed by atoms with Crippen molar-refractivity contribution >= 4 is 5.78 Å². The topological polar surface area (TPSA) is 44.8 Å². The van der Waals surface area contributed by atoms with E-state index in [0.29, 0.717) is 23.7 Å². The summed E-state index contributed by atoms with van der Waals surface area (Å²) in [5.41, 5.74) is 0.801. The molecule has 0 fully saturated rings. The molecular weight excluding hydrogens is 196 g/mol. The molecule has 0 N–H and O–H groups in total. The summed E-state index contributed by atoms with van der Waals surface area (Å²) in [6.07, 6.45) is 0.364. The Morgan fingerprint density at radius 2 is 2.07 bits per heavy atom. The van der Waals surface area contributed by atoms with Gasteiger partial charge in [0.05, 0.1) is 14.2 Å². The standard InChI is InChI=1S/C11H12O4/c1-13-8-4-10(14-2)9-3-7(12)6-15-11(9)5-8/h4-5H,3,6H2,1-2H3. The van der Waals surface area contributed by atoms with Gasteiger partial charge in [-0.25, -0.2) is 0 Å². The third-order valence-electron chi connectivity index (χ3n) is 2.36. The zero-order chi connectivity index (χ0) is 10.8. The van der Waals surface area contributed by atoms with Gasteiger partial charge in [-0.05, 0) is 0 Å². The second-order valence-electron chi connectivity index (χ2n) is 3.31. The summed E-state index contributed by atoms with van der Waals surface area (Å²) in [5, 5.41) is 0. The average molecular weight is 208 g/mol. The molecule has 4 nitrogen and oxygen atoms in total. The molecule has 0 atom stereocenters. The van der Waals surface area contributed by atoms with Crippen LogP contribution in [-0.4, -0.2) is 26.6 Å². The summed E-state index contributed by atoms with van der Waals surface area (Å²) >= 11 is 0. The molecule has 1 aliphatic heterocycles. The highest BCUT2D eigenvalue weighted by Crippen LogP contribution is 2.36. The molecule has 1 aromatic rings. The highest BCUT2D eigenvalue weighted by Gasteiger charge is 2.21. The van der Waals surface area contributed by atoms with Gasteiger partial charge in [0, 0.05) is 24.1 Å². The molecule has 1 aliphatic rings. The molecule has 15 heavy (non-hydrogen) atoms. The van der Waals surface area contributed by atoms with Gasteiger partial charge in [-0.3, -0.25) is 4.79 Å². The van der Waals surface area contributed by atoms with Crippen molar-refractivity contribution in [1.82, 2.24) is 0 Å². The molecule has 0 unspecified atom stereocenters. The van der Waals surface area contributed by atoms with Crippen molar-refractivity contribution in [2.75, 3.05) is 20.8 Å². The quantitative estimate of drug-likeness (QED) is 0.732. The summed E-state index contributed by atoms with van der Waals surface area (Å²) in [7, 11) is 3.14. The summed E-state index contributed by atoms with van der Waals surface area (Å²) in [6.45, 7) is 0.128. The van der Waals surface area contributed by atoms with Crippen LogP contribution in [0.1, 0.15) is 5.56 Å². The number of benzene rings is 1. The van der Waals surface area contributed by atoms with E-state index >= 15 is 0 Å². The largest absolute Gasteiger partial charge is 0.496 e. The molecule has 1 aromatic carbocycles. The Morgan fingerprint density at radius 1 is 1.27 bits per heavy atom. The van der Waals surface area contributed by atoms with Crippen LogP contribution in [0, 0.1) is 0 Å². The molecule has 80 valence electrons. The van der Waals surface area contributed by atoms with E-state index in [1.807, 2.05) is 0 Å². The summed E-state index contributed by atoms with van der Waals surface area (Å²) in [4.78, 5) is 11.2. The van der Waals surface area contributed by atoms with Gasteiger partial charge in [-0.1, -0.05) is 0 Å². The van der Waals surface area contributed by atoms with Gasteiger partial charge in [0.25, 0.3) is 0 Å². The number of ether oxygens (including phenoxy) is 3. The number of Topliss-reactive ketones (excluding diaryl/α,β-unsaturated/α-hetero) is 1. The normalized spacial score (nSPS) is 14.1. The lowest BCUT2D eigenvalue weighted by Gasteiger charge is -2.19. The molecule has 4 heteroatoms. The van der Waals surface area contributed by atoms with Crippen LogP contribution in [0.3, 0.4) is 0 Å². The Labute approximate surface area is 87.8 Å². The Hall–Kier alpha value is -1.71. The van der Waals surface area contributed by atoms with Gasteiger partial charge in [-0.2, -0.15) is 0 Å². The van der Waals surface area contributed by atoms with Crippen molar-refractivity contribution in [1.29, 1.82) is 0 Å². The fraction of sp³-hybridized carbons (Fsp3) is 0.364. The third-order valence-corrected chi connectivity index (χ3v) is 2.36. The zero-order valence-electron chi connectivity index (χ0n) is 8.70. The van der Waals surface area contributed by atoms with Gasteiger partial charge in [0.15, 0.2) is 5.78 Å². The number of hydrogen-bond donors (Lipinski definition) is 0. The summed E-state index contributed by atoms with van der Waals surface area (Å²) in [5.74, 6) is 2.04. The first-order valence-electron chi connectivity index (χ1n) is 4.64. The molecule has 2 rings (SSSR count). The van der Waals surface area contributed by atoms with Crippen molar-refractivity contribution in [3.05, 3.63) is 17.7 Å². The van der Waals surface area contributed by atoms with E-state index in [0.717, 1.165) is 5.56 Å². The van der Waals surface area contributed by atoms with Gasteiger partial charge in [0.2, 0.25) is 0 Å². The van der Waals surface area contributed by atoms with Crippen LogP contribution in [0.5, 0.6) is 17.2 Å². The van der Waals surface area contributed by atoms with Gasteiger partial charge < -0.3 is 14.2 Å². The Morgan fingerprint density at radius 3 is 2.73 bits per heavy atom. The number of fused-ring (bicyclic) bond motifs is 1. The van der Waals surface area contributed by atoms with E-state index in [4.69, 9.17) is 14.2 Å². The van der Waals surface area contributed by atoms with Crippen molar-refractivity contribution in [2.45, 2.75) is 6.42 Å². The third kappa shape index (κ3) is 1.75. The van der Waals surface area contributed by atoms with Crippen LogP contribution < -0.4 is 14.2 Å². The Balaban J connectivity index is 2.49. The van der Waals surface area contributed by atoms with Crippen molar-refractivity contribution in [3.8, 4) is 17.2 Å². The molecular formula is C11H12O4. The molecule has 0 saturated carbocycles. The van der Waals surface area contributed by atoms with Crippen LogP contribution in [0.2, 0.25) is 0 Å². The Kier molecular flexibility index (Phi) is 2.49. The molecule has 0 amide bonds. The maximum Gasteiger partial charge on any atom is 0.174 e. The maximum absolute atomic E-state index is 11.2.